The van der Waals surface area contributed by atoms with Gasteiger partial charge in [-0.1, -0.05) is 33.0 Å². The van der Waals surface area contributed by atoms with Crippen LogP contribution in [0, 0.1) is 0 Å². The summed E-state index contributed by atoms with van der Waals surface area (Å²) in [4.78, 5) is 12.8. The lowest BCUT2D eigenvalue weighted by atomic mass is 10.1. The number of hydrogen-bond donors (Lipinski definition) is 2. The Morgan fingerprint density at radius 2 is 2.10 bits per heavy atom. The van der Waals surface area contributed by atoms with E-state index in [0.717, 1.165) is 0 Å². The van der Waals surface area contributed by atoms with Gasteiger partial charge in [0.2, 0.25) is 0 Å². The summed E-state index contributed by atoms with van der Waals surface area (Å²) in [6, 6.07) is 0. The average molecular weight is 538 g/mol. The first-order valence-electron chi connectivity index (χ1n) is 9.44. The van der Waals surface area contributed by atoms with E-state index < -0.39 is 39.7 Å². The van der Waals surface area contributed by atoms with Crippen molar-refractivity contribution in [1.29, 1.82) is 0 Å². The summed E-state index contributed by atoms with van der Waals surface area (Å²) in [5.41, 5.74) is 6.93. The van der Waals surface area contributed by atoms with E-state index in [0.29, 0.717) is 15.9 Å². The SMILES string of the molecule is CC(C)(C)[Si](C)(C)O[C@@H]1C(n2c(Br)nc3c(N)ncnc32)OC2CO[P@@](=O)(S)O[C@H]21. The molecule has 166 valence electrons. The van der Waals surface area contributed by atoms with E-state index >= 15 is 0 Å². The lowest BCUT2D eigenvalue weighted by Crippen LogP contribution is -2.50. The van der Waals surface area contributed by atoms with Crippen LogP contribution in [0.15, 0.2) is 11.1 Å². The number of thiol groups is 1. The fourth-order valence-corrected chi connectivity index (χ4v) is 6.61. The number of halogens is 1. The number of fused-ring (bicyclic) bond motifs is 2. The van der Waals surface area contributed by atoms with Gasteiger partial charge in [-0.15, -0.1) is 0 Å². The molecule has 0 saturated carbocycles. The molecule has 10 nitrogen and oxygen atoms in total. The molecule has 5 atom stereocenters. The molecule has 2 unspecified atom stereocenters. The van der Waals surface area contributed by atoms with Gasteiger partial charge >= 0.3 is 6.80 Å². The van der Waals surface area contributed by atoms with Gasteiger partial charge < -0.3 is 14.9 Å². The quantitative estimate of drug-likeness (QED) is 0.259. The predicted molar refractivity (Wildman–Crippen MR) is 121 cm³/mol. The number of anilines is 1. The lowest BCUT2D eigenvalue weighted by molar-refractivity contribution is -0.0564. The number of ether oxygens (including phenoxy) is 1. The van der Waals surface area contributed by atoms with Crippen LogP contribution in [0.2, 0.25) is 18.1 Å². The summed E-state index contributed by atoms with van der Waals surface area (Å²) in [7, 11) is -2.26. The van der Waals surface area contributed by atoms with Crippen LogP contribution in [0.1, 0.15) is 27.0 Å². The molecule has 0 aromatic carbocycles. The topological polar surface area (TPSA) is 124 Å². The van der Waals surface area contributed by atoms with Gasteiger partial charge in [0.1, 0.15) is 24.6 Å². The minimum atomic E-state index is -3.50. The fourth-order valence-electron chi connectivity index (χ4n) is 3.30. The van der Waals surface area contributed by atoms with Crippen molar-refractivity contribution in [2.75, 3.05) is 12.3 Å². The lowest BCUT2D eigenvalue weighted by Gasteiger charge is -2.41. The van der Waals surface area contributed by atoms with E-state index in [1.165, 1.54) is 6.33 Å². The first kappa shape index (κ1) is 22.7. The molecule has 0 amide bonds. The van der Waals surface area contributed by atoms with Crippen LogP contribution in [0.5, 0.6) is 0 Å². The molecule has 2 aliphatic heterocycles. The molecule has 30 heavy (non-hydrogen) atoms. The molecule has 2 aromatic rings. The summed E-state index contributed by atoms with van der Waals surface area (Å²) in [5, 5.41) is -0.0632. The van der Waals surface area contributed by atoms with E-state index in [9.17, 15) is 4.57 Å². The number of aromatic nitrogens is 4. The molecular formula is C16H25BrN5O5PSSi. The molecule has 2 aliphatic rings. The van der Waals surface area contributed by atoms with Crippen LogP contribution in [0.4, 0.5) is 5.82 Å². The Bertz CT molecular complexity index is 1030. The van der Waals surface area contributed by atoms with E-state index in [1.54, 1.807) is 4.57 Å². The van der Waals surface area contributed by atoms with E-state index in [-0.39, 0.29) is 17.5 Å². The van der Waals surface area contributed by atoms with Crippen molar-refractivity contribution in [3.8, 4) is 0 Å². The van der Waals surface area contributed by atoms with Crippen LogP contribution in [0.3, 0.4) is 0 Å². The molecule has 2 saturated heterocycles. The molecule has 4 rings (SSSR count). The Morgan fingerprint density at radius 1 is 1.40 bits per heavy atom. The second kappa shape index (κ2) is 7.51. The zero-order valence-electron chi connectivity index (χ0n) is 17.3. The van der Waals surface area contributed by atoms with Crippen molar-refractivity contribution in [1.82, 2.24) is 19.5 Å². The maximum absolute atomic E-state index is 12.5. The summed E-state index contributed by atoms with van der Waals surface area (Å²) in [5.74, 6) is 0.260. The minimum absolute atomic E-state index is 0.0632. The predicted octanol–water partition coefficient (Wildman–Crippen LogP) is 3.91. The van der Waals surface area contributed by atoms with Gasteiger partial charge in [0.15, 0.2) is 36.3 Å². The Hall–Kier alpha value is -0.533. The Labute approximate surface area is 189 Å². The second-order valence-electron chi connectivity index (χ2n) is 8.92. The number of nitrogens with two attached hydrogens (primary N) is 1. The molecule has 0 radical (unpaired) electrons. The van der Waals surface area contributed by atoms with Crippen molar-refractivity contribution in [2.45, 2.75) is 63.4 Å². The van der Waals surface area contributed by atoms with Crippen molar-refractivity contribution in [3.63, 3.8) is 0 Å². The molecule has 2 fully saturated rings. The van der Waals surface area contributed by atoms with Crippen LogP contribution in [0.25, 0.3) is 11.2 Å². The standard InChI is InChI=1S/C16H25BrN5O5PSSi/c1-16(2,3)30(4,5)27-11-10-8(6-24-28(23,29)26-10)25-14(11)22-13-9(21-15(22)17)12(18)19-7-20-13/h7-8,10-11,14H,6H2,1-5H3,(H,23,29)(H2,18,19,20)/t8?,10-,11+,14?,28-/m1/s1. The Kier molecular flexibility index (Phi) is 5.67. The summed E-state index contributed by atoms with van der Waals surface area (Å²) in [6.45, 7) is 7.29. The normalized spacial score (nSPS) is 32.5. The first-order chi connectivity index (χ1) is 13.8. The van der Waals surface area contributed by atoms with Gasteiger partial charge in [-0.2, -0.15) is 0 Å². The minimum Gasteiger partial charge on any atom is -0.407 e. The highest BCUT2D eigenvalue weighted by Gasteiger charge is 2.56. The van der Waals surface area contributed by atoms with Crippen molar-refractivity contribution >= 4 is 60.3 Å². The Morgan fingerprint density at radius 3 is 2.77 bits per heavy atom. The first-order valence-corrected chi connectivity index (χ1v) is 15.8. The molecule has 4 heterocycles. The summed E-state index contributed by atoms with van der Waals surface area (Å²) < 4.78 is 38.7. The molecule has 0 bridgehead atoms. The van der Waals surface area contributed by atoms with Gasteiger partial charge in [0.05, 0.1) is 6.61 Å². The third-order valence-electron chi connectivity index (χ3n) is 5.90. The van der Waals surface area contributed by atoms with Gasteiger partial charge in [0.25, 0.3) is 0 Å². The van der Waals surface area contributed by atoms with Crippen LogP contribution in [-0.2, 0) is 22.8 Å². The average Bonchev–Trinajstić information content (AvgIpc) is 3.11. The van der Waals surface area contributed by atoms with Crippen LogP contribution >= 0.6 is 35.0 Å². The molecule has 14 heteroatoms. The monoisotopic (exact) mass is 537 g/mol. The van der Waals surface area contributed by atoms with Gasteiger partial charge in [-0.3, -0.25) is 13.6 Å². The fraction of sp³-hybridized carbons (Fsp3) is 0.688. The highest BCUT2D eigenvalue weighted by atomic mass is 79.9. The van der Waals surface area contributed by atoms with Gasteiger partial charge in [-0.25, -0.2) is 19.5 Å². The summed E-state index contributed by atoms with van der Waals surface area (Å²) >= 11 is 7.54. The van der Waals surface area contributed by atoms with Crippen molar-refractivity contribution in [3.05, 3.63) is 11.1 Å². The smallest absolute Gasteiger partial charge is 0.386 e. The van der Waals surface area contributed by atoms with E-state index in [2.05, 4.69) is 77.0 Å². The number of nitrogen functional groups attached to an aromatic ring is 1. The molecule has 2 N–H and O–H groups in total. The van der Waals surface area contributed by atoms with Gasteiger partial charge in [0, 0.05) is 0 Å². The molecule has 0 aliphatic carbocycles. The second-order valence-corrected chi connectivity index (χ2v) is 17.3. The highest BCUT2D eigenvalue weighted by molar-refractivity contribution is 9.10. The zero-order valence-corrected chi connectivity index (χ0v) is 21.6. The van der Waals surface area contributed by atoms with Crippen molar-refractivity contribution < 1.29 is 22.8 Å². The third-order valence-corrected chi connectivity index (χ3v) is 12.5. The number of nitrogens with zero attached hydrogens (tertiary/aromatic N) is 4. The van der Waals surface area contributed by atoms with Gasteiger partial charge in [-0.05, 0) is 34.1 Å². The van der Waals surface area contributed by atoms with E-state index in [4.69, 9.17) is 23.9 Å². The van der Waals surface area contributed by atoms with Crippen molar-refractivity contribution in [2.24, 2.45) is 0 Å². The maximum Gasteiger partial charge on any atom is 0.386 e. The molecule has 2 aromatic heterocycles. The van der Waals surface area contributed by atoms with Crippen LogP contribution in [-0.4, -0.2) is 52.8 Å². The molecular weight excluding hydrogens is 513 g/mol. The van der Waals surface area contributed by atoms with E-state index in [1.807, 2.05) is 0 Å². The van der Waals surface area contributed by atoms with Crippen LogP contribution < -0.4 is 5.73 Å². The highest BCUT2D eigenvalue weighted by Crippen LogP contribution is 2.60. The number of hydrogen-bond acceptors (Lipinski definition) is 9. The maximum atomic E-state index is 12.5. The number of rotatable bonds is 3. The Balaban J connectivity index is 1.81. The summed E-state index contributed by atoms with van der Waals surface area (Å²) in [6.07, 6.45) is -0.967. The third kappa shape index (κ3) is 3.87. The molecule has 0 spiro atoms. The largest absolute Gasteiger partial charge is 0.407 e. The zero-order chi connectivity index (χ0) is 22.1. The number of imidazole rings is 1.